The monoisotopic (exact) mass is 130 g/mol. The molecule has 0 saturated heterocycles. The lowest BCUT2D eigenvalue weighted by molar-refractivity contribution is -0.00247. The lowest BCUT2D eigenvalue weighted by Crippen LogP contribution is -2.17. The summed E-state index contributed by atoms with van der Waals surface area (Å²) >= 11 is 0. The first-order chi connectivity index (χ1) is 4.16. The van der Waals surface area contributed by atoms with E-state index >= 15 is 0 Å². The fourth-order valence-corrected chi connectivity index (χ4v) is 0.854. The molecule has 0 aromatic carbocycles. The summed E-state index contributed by atoms with van der Waals surface area (Å²) in [5, 5.41) is 0. The summed E-state index contributed by atoms with van der Waals surface area (Å²) in [7, 11) is 3.36. The van der Waals surface area contributed by atoms with Crippen molar-refractivity contribution >= 4 is 0 Å². The molecule has 0 rings (SSSR count). The molecule has 1 atom stereocenters. The van der Waals surface area contributed by atoms with Crippen molar-refractivity contribution in [1.29, 1.82) is 0 Å². The van der Waals surface area contributed by atoms with Crippen molar-refractivity contribution in [1.82, 2.24) is 5.48 Å². The van der Waals surface area contributed by atoms with Crippen LogP contribution in [0.4, 0.5) is 0 Å². The highest BCUT2D eigenvalue weighted by Crippen LogP contribution is 2.05. The SMILES string of the molecule is [CH2]NOC(C)CC(C)C. The van der Waals surface area contributed by atoms with Gasteiger partial charge in [-0.15, -0.1) is 0 Å². The molecule has 0 heterocycles. The third-order valence-corrected chi connectivity index (χ3v) is 1.09. The molecule has 0 fully saturated rings. The lowest BCUT2D eigenvalue weighted by atomic mass is 10.1. The third-order valence-electron chi connectivity index (χ3n) is 1.09. The van der Waals surface area contributed by atoms with Gasteiger partial charge in [0.25, 0.3) is 0 Å². The Morgan fingerprint density at radius 3 is 2.33 bits per heavy atom. The molecule has 2 heteroatoms. The zero-order valence-electron chi connectivity index (χ0n) is 6.48. The van der Waals surface area contributed by atoms with Gasteiger partial charge in [0.15, 0.2) is 0 Å². The summed E-state index contributed by atoms with van der Waals surface area (Å²) in [6, 6.07) is 0. The summed E-state index contributed by atoms with van der Waals surface area (Å²) in [6.07, 6.45) is 1.34. The summed E-state index contributed by atoms with van der Waals surface area (Å²) in [5.41, 5.74) is 2.42. The molecule has 0 spiro atoms. The number of hydroxylamine groups is 1. The van der Waals surface area contributed by atoms with Crippen molar-refractivity contribution in [3.05, 3.63) is 7.05 Å². The zero-order valence-corrected chi connectivity index (χ0v) is 6.48. The molecule has 0 aromatic heterocycles. The van der Waals surface area contributed by atoms with Gasteiger partial charge in [0, 0.05) is 7.05 Å². The molecule has 9 heavy (non-hydrogen) atoms. The molecule has 1 N–H and O–H groups in total. The molecule has 0 aliphatic heterocycles. The molecule has 0 aromatic rings. The third kappa shape index (κ3) is 5.80. The van der Waals surface area contributed by atoms with Gasteiger partial charge in [0.1, 0.15) is 0 Å². The van der Waals surface area contributed by atoms with E-state index < -0.39 is 0 Å². The highest BCUT2D eigenvalue weighted by atomic mass is 16.7. The van der Waals surface area contributed by atoms with E-state index in [1.165, 1.54) is 0 Å². The van der Waals surface area contributed by atoms with Crippen LogP contribution in [0.1, 0.15) is 27.2 Å². The zero-order chi connectivity index (χ0) is 7.28. The summed E-state index contributed by atoms with van der Waals surface area (Å²) in [4.78, 5) is 4.99. The van der Waals surface area contributed by atoms with Gasteiger partial charge in [0.05, 0.1) is 6.10 Å². The van der Waals surface area contributed by atoms with Gasteiger partial charge in [-0.2, -0.15) is 0 Å². The summed E-state index contributed by atoms with van der Waals surface area (Å²) in [6.45, 7) is 6.37. The minimum atomic E-state index is 0.266. The van der Waals surface area contributed by atoms with Crippen molar-refractivity contribution in [2.45, 2.75) is 33.3 Å². The van der Waals surface area contributed by atoms with Crippen LogP contribution in [-0.2, 0) is 4.84 Å². The Kier molecular flexibility index (Phi) is 4.72. The highest BCUT2D eigenvalue weighted by Gasteiger charge is 2.02. The van der Waals surface area contributed by atoms with Gasteiger partial charge in [-0.1, -0.05) is 13.8 Å². The van der Waals surface area contributed by atoms with E-state index in [1.807, 2.05) is 6.92 Å². The van der Waals surface area contributed by atoms with Crippen molar-refractivity contribution < 1.29 is 4.84 Å². The van der Waals surface area contributed by atoms with Crippen LogP contribution in [0.3, 0.4) is 0 Å². The van der Waals surface area contributed by atoms with Crippen LogP contribution in [0.5, 0.6) is 0 Å². The fourth-order valence-electron chi connectivity index (χ4n) is 0.854. The molecule has 0 aliphatic carbocycles. The van der Waals surface area contributed by atoms with Crippen LogP contribution < -0.4 is 5.48 Å². The minimum Gasteiger partial charge on any atom is -0.299 e. The topological polar surface area (TPSA) is 21.3 Å². The number of nitrogens with one attached hydrogen (secondary N) is 1. The Morgan fingerprint density at radius 1 is 1.44 bits per heavy atom. The van der Waals surface area contributed by atoms with Crippen LogP contribution in [0.2, 0.25) is 0 Å². The van der Waals surface area contributed by atoms with Gasteiger partial charge in [0.2, 0.25) is 0 Å². The van der Waals surface area contributed by atoms with Crippen molar-refractivity contribution in [2.24, 2.45) is 5.92 Å². The quantitative estimate of drug-likeness (QED) is 0.585. The van der Waals surface area contributed by atoms with Gasteiger partial charge < -0.3 is 0 Å². The van der Waals surface area contributed by atoms with Crippen molar-refractivity contribution in [3.63, 3.8) is 0 Å². The fraction of sp³-hybridized carbons (Fsp3) is 0.857. The maximum absolute atomic E-state index is 4.99. The average Bonchev–Trinajstić information content (AvgIpc) is 1.63. The number of hydrogen-bond acceptors (Lipinski definition) is 2. The molecule has 0 bridgehead atoms. The van der Waals surface area contributed by atoms with Gasteiger partial charge in [-0.25, -0.2) is 5.48 Å². The molecule has 0 amide bonds. The molecule has 55 valence electrons. The Hall–Kier alpha value is -0.0800. The van der Waals surface area contributed by atoms with Crippen LogP contribution in [-0.4, -0.2) is 6.10 Å². The summed E-state index contributed by atoms with van der Waals surface area (Å²) in [5.74, 6) is 0.688. The Balaban J connectivity index is 3.15. The predicted molar refractivity (Wildman–Crippen MR) is 38.5 cm³/mol. The minimum absolute atomic E-state index is 0.266. The maximum atomic E-state index is 4.99. The molecule has 2 nitrogen and oxygen atoms in total. The number of rotatable bonds is 4. The largest absolute Gasteiger partial charge is 0.299 e. The Labute approximate surface area is 57.5 Å². The van der Waals surface area contributed by atoms with E-state index in [4.69, 9.17) is 4.84 Å². The standard InChI is InChI=1S/C7H16NO/c1-6(2)5-7(3)9-8-4/h6-8H,4-5H2,1-3H3. The predicted octanol–water partition coefficient (Wildman–Crippen LogP) is 1.73. The summed E-state index contributed by atoms with van der Waals surface area (Å²) < 4.78 is 0. The van der Waals surface area contributed by atoms with E-state index in [9.17, 15) is 0 Å². The second-order valence-electron chi connectivity index (χ2n) is 2.70. The van der Waals surface area contributed by atoms with Crippen molar-refractivity contribution in [3.8, 4) is 0 Å². The second-order valence-corrected chi connectivity index (χ2v) is 2.70. The van der Waals surface area contributed by atoms with Crippen molar-refractivity contribution in [2.75, 3.05) is 0 Å². The van der Waals surface area contributed by atoms with Crippen LogP contribution in [0.25, 0.3) is 0 Å². The maximum Gasteiger partial charge on any atom is 0.0764 e. The molecule has 1 radical (unpaired) electrons. The first kappa shape index (κ1) is 8.92. The Morgan fingerprint density at radius 2 is 2.00 bits per heavy atom. The van der Waals surface area contributed by atoms with E-state index in [0.717, 1.165) is 6.42 Å². The number of hydrogen-bond donors (Lipinski definition) is 1. The lowest BCUT2D eigenvalue weighted by Gasteiger charge is -2.12. The van der Waals surface area contributed by atoms with E-state index in [2.05, 4.69) is 26.4 Å². The normalized spacial score (nSPS) is 14.3. The smallest absolute Gasteiger partial charge is 0.0764 e. The van der Waals surface area contributed by atoms with E-state index in [0.29, 0.717) is 5.92 Å². The van der Waals surface area contributed by atoms with Gasteiger partial charge in [-0.05, 0) is 19.3 Å². The first-order valence-corrected chi connectivity index (χ1v) is 3.34. The van der Waals surface area contributed by atoms with Crippen LogP contribution >= 0.6 is 0 Å². The molecule has 0 aliphatic rings. The molecular formula is C7H16NO. The first-order valence-electron chi connectivity index (χ1n) is 3.34. The molecule has 0 saturated carbocycles. The van der Waals surface area contributed by atoms with Gasteiger partial charge in [-0.3, -0.25) is 4.84 Å². The average molecular weight is 130 g/mol. The van der Waals surface area contributed by atoms with E-state index in [1.54, 1.807) is 0 Å². The van der Waals surface area contributed by atoms with Crippen LogP contribution in [0, 0.1) is 13.0 Å². The highest BCUT2D eigenvalue weighted by molar-refractivity contribution is 4.52. The molecule has 1 unspecified atom stereocenters. The van der Waals surface area contributed by atoms with Crippen LogP contribution in [0.15, 0.2) is 0 Å². The van der Waals surface area contributed by atoms with Gasteiger partial charge >= 0.3 is 0 Å². The molecular weight excluding hydrogens is 114 g/mol. The van der Waals surface area contributed by atoms with E-state index in [-0.39, 0.29) is 6.10 Å². The Bertz CT molecular complexity index is 63.9. The second kappa shape index (κ2) is 4.77.